The first-order valence-corrected chi connectivity index (χ1v) is 17.2. The monoisotopic (exact) mass is 703 g/mol. The van der Waals surface area contributed by atoms with Crippen molar-refractivity contribution in [3.63, 3.8) is 0 Å². The van der Waals surface area contributed by atoms with Crippen molar-refractivity contribution in [1.82, 2.24) is 15.5 Å². The Morgan fingerprint density at radius 2 is 1.25 bits per heavy atom. The number of hydrogen-bond acceptors (Lipinski definition) is 8. The van der Waals surface area contributed by atoms with E-state index in [1.54, 1.807) is 79.7 Å². The molecule has 0 radical (unpaired) electrons. The van der Waals surface area contributed by atoms with E-state index in [-0.39, 0.29) is 29.9 Å². The van der Waals surface area contributed by atoms with Crippen LogP contribution in [-0.4, -0.2) is 67.8 Å². The summed E-state index contributed by atoms with van der Waals surface area (Å²) in [6.07, 6.45) is -0.333. The van der Waals surface area contributed by atoms with Gasteiger partial charge in [-0.1, -0.05) is 61.5 Å². The van der Waals surface area contributed by atoms with Gasteiger partial charge in [-0.05, 0) is 103 Å². The Kier molecular flexibility index (Phi) is 13.3. The Morgan fingerprint density at radius 1 is 0.686 bits per heavy atom. The van der Waals surface area contributed by atoms with Crippen LogP contribution < -0.4 is 10.6 Å². The van der Waals surface area contributed by atoms with E-state index in [0.29, 0.717) is 12.0 Å². The standard InChI is InChI=1S/C40H53N3O8/c1-10-40(8,9)43(35(47)31(42-37(49)51-39(5,6)7)23-27-19-21-29(44)22-20-27)33(28-17-14-18-30(45)25-28)34(46)41-32(36(48)50-38(2,3)4)24-26-15-12-11-13-16-26/h11-22,25,31-33,44-45H,10,23-24H2,1-9H3,(H,41,46)(H,42,49). The number of amides is 3. The predicted molar refractivity (Wildman–Crippen MR) is 195 cm³/mol. The molecule has 3 aromatic carbocycles. The Morgan fingerprint density at radius 3 is 1.80 bits per heavy atom. The highest BCUT2D eigenvalue weighted by atomic mass is 16.6. The number of hydrogen-bond donors (Lipinski definition) is 4. The van der Waals surface area contributed by atoms with Crippen LogP contribution in [0.3, 0.4) is 0 Å². The van der Waals surface area contributed by atoms with Gasteiger partial charge in [-0.25, -0.2) is 9.59 Å². The van der Waals surface area contributed by atoms with E-state index < -0.39 is 58.7 Å². The molecule has 0 aliphatic rings. The number of carbonyl (C=O) groups excluding carboxylic acids is 4. The second kappa shape index (κ2) is 16.8. The summed E-state index contributed by atoms with van der Waals surface area (Å²) in [5, 5.41) is 26.0. The molecule has 0 saturated carbocycles. The molecule has 3 atom stereocenters. The van der Waals surface area contributed by atoms with Crippen LogP contribution in [0.1, 0.15) is 91.5 Å². The minimum Gasteiger partial charge on any atom is -0.508 e. The highest BCUT2D eigenvalue weighted by Crippen LogP contribution is 2.34. The molecule has 3 amide bonds. The van der Waals surface area contributed by atoms with Gasteiger partial charge in [0.25, 0.3) is 0 Å². The lowest BCUT2D eigenvalue weighted by atomic mass is 9.90. The second-order valence-electron chi connectivity index (χ2n) is 15.2. The fourth-order valence-electron chi connectivity index (χ4n) is 5.41. The quantitative estimate of drug-likeness (QED) is 0.150. The van der Waals surface area contributed by atoms with Gasteiger partial charge in [0, 0.05) is 18.4 Å². The first-order chi connectivity index (χ1) is 23.7. The number of alkyl carbamates (subject to hydrolysis) is 1. The largest absolute Gasteiger partial charge is 0.508 e. The third-order valence-electron chi connectivity index (χ3n) is 8.10. The second-order valence-corrected chi connectivity index (χ2v) is 15.2. The molecule has 11 heteroatoms. The Labute approximate surface area is 301 Å². The van der Waals surface area contributed by atoms with Crippen molar-refractivity contribution in [3.8, 4) is 11.5 Å². The topological polar surface area (TPSA) is 154 Å². The SMILES string of the molecule is CCC(C)(C)N(C(=O)C(Cc1ccc(O)cc1)NC(=O)OC(C)(C)C)C(C(=O)NC(Cc1ccccc1)C(=O)OC(C)(C)C)c1cccc(O)c1. The average molecular weight is 704 g/mol. The van der Waals surface area contributed by atoms with Gasteiger partial charge in [-0.2, -0.15) is 0 Å². The fourth-order valence-corrected chi connectivity index (χ4v) is 5.41. The predicted octanol–water partition coefficient (Wildman–Crippen LogP) is 6.36. The van der Waals surface area contributed by atoms with E-state index in [0.717, 1.165) is 5.56 Å². The number of ether oxygens (including phenoxy) is 2. The summed E-state index contributed by atoms with van der Waals surface area (Å²) in [6.45, 7) is 15.8. The number of aromatic hydroxyl groups is 2. The van der Waals surface area contributed by atoms with Crippen molar-refractivity contribution >= 4 is 23.9 Å². The number of carbonyl (C=O) groups is 4. The molecular weight excluding hydrogens is 650 g/mol. The normalized spacial score (nSPS) is 13.7. The number of nitrogens with one attached hydrogen (secondary N) is 2. The van der Waals surface area contributed by atoms with Crippen molar-refractivity contribution in [3.05, 3.63) is 95.6 Å². The maximum Gasteiger partial charge on any atom is 0.408 e. The van der Waals surface area contributed by atoms with Gasteiger partial charge in [-0.3, -0.25) is 9.59 Å². The highest BCUT2D eigenvalue weighted by Gasteiger charge is 2.44. The summed E-state index contributed by atoms with van der Waals surface area (Å²) in [7, 11) is 0. The molecule has 0 aliphatic heterocycles. The zero-order valence-electron chi connectivity index (χ0n) is 31.2. The van der Waals surface area contributed by atoms with Crippen molar-refractivity contribution in [2.24, 2.45) is 0 Å². The molecule has 0 spiro atoms. The highest BCUT2D eigenvalue weighted by molar-refractivity contribution is 5.94. The molecule has 4 N–H and O–H groups in total. The van der Waals surface area contributed by atoms with Crippen molar-refractivity contribution in [2.45, 2.75) is 116 Å². The molecule has 3 rings (SSSR count). The first-order valence-electron chi connectivity index (χ1n) is 17.2. The lowest BCUT2D eigenvalue weighted by Gasteiger charge is -2.45. The zero-order chi connectivity index (χ0) is 38.1. The summed E-state index contributed by atoms with van der Waals surface area (Å²) >= 11 is 0. The first kappa shape index (κ1) is 40.4. The lowest BCUT2D eigenvalue weighted by Crippen LogP contribution is -2.60. The molecule has 0 fully saturated rings. The van der Waals surface area contributed by atoms with Crippen molar-refractivity contribution in [2.75, 3.05) is 0 Å². The van der Waals surface area contributed by atoms with Crippen molar-refractivity contribution in [1.29, 1.82) is 0 Å². The third kappa shape index (κ3) is 12.3. The van der Waals surface area contributed by atoms with Gasteiger partial charge in [-0.15, -0.1) is 0 Å². The van der Waals surface area contributed by atoms with Crippen LogP contribution in [-0.2, 0) is 36.7 Å². The van der Waals surface area contributed by atoms with Gasteiger partial charge < -0.3 is 35.2 Å². The van der Waals surface area contributed by atoms with Crippen LogP contribution in [0.5, 0.6) is 11.5 Å². The number of nitrogens with zero attached hydrogens (tertiary/aromatic N) is 1. The number of phenols is 2. The zero-order valence-corrected chi connectivity index (χ0v) is 31.2. The van der Waals surface area contributed by atoms with Gasteiger partial charge in [0.1, 0.15) is 40.8 Å². The van der Waals surface area contributed by atoms with E-state index in [1.165, 1.54) is 29.2 Å². The maximum absolute atomic E-state index is 15.0. The molecule has 276 valence electrons. The molecule has 11 nitrogen and oxygen atoms in total. The number of benzene rings is 3. The fraction of sp³-hybridized carbons (Fsp3) is 0.450. The molecule has 0 heterocycles. The minimum atomic E-state index is -1.37. The Hall–Kier alpha value is -5.06. The molecule has 0 aliphatic carbocycles. The summed E-state index contributed by atoms with van der Waals surface area (Å²) in [5.41, 5.74) is -1.03. The molecule has 51 heavy (non-hydrogen) atoms. The average Bonchev–Trinajstić information content (AvgIpc) is 3.02. The van der Waals surface area contributed by atoms with Crippen LogP contribution >= 0.6 is 0 Å². The van der Waals surface area contributed by atoms with Gasteiger partial charge in [0.15, 0.2) is 0 Å². The Balaban J connectivity index is 2.18. The third-order valence-corrected chi connectivity index (χ3v) is 8.10. The van der Waals surface area contributed by atoms with E-state index in [1.807, 2.05) is 37.3 Å². The van der Waals surface area contributed by atoms with Gasteiger partial charge in [0.05, 0.1) is 0 Å². The number of esters is 1. The molecule has 0 aromatic heterocycles. The summed E-state index contributed by atoms with van der Waals surface area (Å²) in [5.74, 6) is -2.05. The van der Waals surface area contributed by atoms with Gasteiger partial charge >= 0.3 is 12.1 Å². The van der Waals surface area contributed by atoms with Crippen LogP contribution in [0.15, 0.2) is 78.9 Å². The van der Waals surface area contributed by atoms with Crippen LogP contribution in [0.2, 0.25) is 0 Å². The molecule has 3 aromatic rings. The minimum absolute atomic E-state index is 0.00241. The summed E-state index contributed by atoms with van der Waals surface area (Å²) < 4.78 is 11.2. The van der Waals surface area contributed by atoms with Crippen molar-refractivity contribution < 1.29 is 38.9 Å². The van der Waals surface area contributed by atoms with E-state index in [2.05, 4.69) is 10.6 Å². The summed E-state index contributed by atoms with van der Waals surface area (Å²) in [4.78, 5) is 57.9. The van der Waals surface area contributed by atoms with Crippen LogP contribution in [0, 0.1) is 0 Å². The number of phenolic OH excluding ortho intramolecular Hbond substituents is 2. The molecular formula is C40H53N3O8. The molecule has 0 bridgehead atoms. The van der Waals surface area contributed by atoms with Crippen LogP contribution in [0.25, 0.3) is 0 Å². The molecule has 0 saturated heterocycles. The van der Waals surface area contributed by atoms with E-state index in [9.17, 15) is 29.4 Å². The van der Waals surface area contributed by atoms with E-state index in [4.69, 9.17) is 9.47 Å². The Bertz CT molecular complexity index is 1640. The van der Waals surface area contributed by atoms with E-state index >= 15 is 0 Å². The summed E-state index contributed by atoms with van der Waals surface area (Å²) in [6, 6.07) is 17.7. The van der Waals surface area contributed by atoms with Gasteiger partial charge in [0.2, 0.25) is 11.8 Å². The smallest absolute Gasteiger partial charge is 0.408 e. The number of rotatable bonds is 13. The maximum atomic E-state index is 15.0. The lowest BCUT2D eigenvalue weighted by molar-refractivity contribution is -0.159. The molecule has 3 unspecified atom stereocenters. The van der Waals surface area contributed by atoms with Crippen LogP contribution in [0.4, 0.5) is 4.79 Å².